The molecule has 0 saturated carbocycles. The first-order valence-corrected chi connectivity index (χ1v) is 6.67. The van der Waals surface area contributed by atoms with Gasteiger partial charge in [0.25, 0.3) is 0 Å². The topological polar surface area (TPSA) is 12.0 Å². The lowest BCUT2D eigenvalue weighted by atomic mass is 9.73. The van der Waals surface area contributed by atoms with Gasteiger partial charge in [0, 0.05) is 12.2 Å². The fourth-order valence-electron chi connectivity index (χ4n) is 2.85. The average molecular weight is 284 g/mol. The highest BCUT2D eigenvalue weighted by molar-refractivity contribution is 5.85. The Kier molecular flexibility index (Phi) is 5.42. The minimum Gasteiger partial charge on any atom is -0.381 e. The van der Waals surface area contributed by atoms with Crippen molar-refractivity contribution >= 4 is 18.1 Å². The molecule has 106 valence electrons. The second-order valence-electron chi connectivity index (χ2n) is 5.86. The summed E-state index contributed by atoms with van der Waals surface area (Å²) in [6.07, 6.45) is 3.72. The van der Waals surface area contributed by atoms with E-state index in [0.29, 0.717) is 0 Å². The molecule has 1 aromatic carbocycles. The van der Waals surface area contributed by atoms with Crippen molar-refractivity contribution in [3.05, 3.63) is 41.2 Å². The molecule has 0 spiro atoms. The monoisotopic (exact) mass is 283 g/mol. The van der Waals surface area contributed by atoms with E-state index < -0.39 is 0 Å². The first-order chi connectivity index (χ1) is 8.49. The summed E-state index contributed by atoms with van der Waals surface area (Å²) in [5.74, 6) is -0.186. The smallest absolute Gasteiger partial charge is 0.125 e. The van der Waals surface area contributed by atoms with Crippen LogP contribution in [-0.4, -0.2) is 6.54 Å². The molecule has 0 unspecified atom stereocenters. The summed E-state index contributed by atoms with van der Waals surface area (Å²) in [5, 5.41) is 3.34. The Hall–Kier alpha value is -1.02. The van der Waals surface area contributed by atoms with Crippen LogP contribution in [0.1, 0.15) is 40.0 Å². The van der Waals surface area contributed by atoms with Gasteiger partial charge < -0.3 is 5.32 Å². The van der Waals surface area contributed by atoms with Gasteiger partial charge in [-0.05, 0) is 55.4 Å². The third kappa shape index (κ3) is 3.97. The number of halogens is 2. The predicted molar refractivity (Wildman–Crippen MR) is 82.5 cm³/mol. The lowest BCUT2D eigenvalue weighted by molar-refractivity contribution is 0.364. The highest BCUT2D eigenvalue weighted by Crippen LogP contribution is 2.39. The fourth-order valence-corrected chi connectivity index (χ4v) is 2.85. The van der Waals surface area contributed by atoms with Crippen LogP contribution in [0.15, 0.2) is 35.4 Å². The number of hydrogen-bond donors (Lipinski definition) is 1. The van der Waals surface area contributed by atoms with Crippen molar-refractivity contribution in [1.82, 2.24) is 0 Å². The summed E-state index contributed by atoms with van der Waals surface area (Å²) in [6.45, 7) is 7.66. The van der Waals surface area contributed by atoms with Crippen molar-refractivity contribution in [2.45, 2.75) is 40.0 Å². The van der Waals surface area contributed by atoms with Crippen molar-refractivity contribution in [2.24, 2.45) is 5.41 Å². The van der Waals surface area contributed by atoms with E-state index in [1.165, 1.54) is 36.5 Å². The Bertz CT molecular complexity index is 466. The van der Waals surface area contributed by atoms with Crippen molar-refractivity contribution in [3.63, 3.8) is 0 Å². The number of anilines is 1. The zero-order chi connectivity index (χ0) is 13.2. The van der Waals surface area contributed by atoms with E-state index in [1.54, 1.807) is 12.1 Å². The van der Waals surface area contributed by atoms with Gasteiger partial charge >= 0.3 is 0 Å². The van der Waals surface area contributed by atoms with Gasteiger partial charge in [0.2, 0.25) is 0 Å². The summed E-state index contributed by atoms with van der Waals surface area (Å²) in [4.78, 5) is 0. The summed E-state index contributed by atoms with van der Waals surface area (Å²) >= 11 is 0. The molecule has 0 fully saturated rings. The second-order valence-corrected chi connectivity index (χ2v) is 5.86. The van der Waals surface area contributed by atoms with E-state index in [9.17, 15) is 4.39 Å². The molecule has 19 heavy (non-hydrogen) atoms. The molecular weight excluding hydrogens is 261 g/mol. The average Bonchev–Trinajstić information content (AvgIpc) is 2.27. The van der Waals surface area contributed by atoms with Crippen molar-refractivity contribution in [1.29, 1.82) is 0 Å². The largest absolute Gasteiger partial charge is 0.381 e. The SMILES string of the molecule is CC1=C(CNc2cccc(F)c2)C(C)(C)CCC1.Cl. The molecule has 0 bridgehead atoms. The van der Waals surface area contributed by atoms with Gasteiger partial charge in [-0.25, -0.2) is 4.39 Å². The zero-order valence-electron chi connectivity index (χ0n) is 11.9. The normalized spacial score (nSPS) is 17.9. The molecule has 0 amide bonds. The minimum absolute atomic E-state index is 0. The molecule has 1 nitrogen and oxygen atoms in total. The Morgan fingerprint density at radius 1 is 1.32 bits per heavy atom. The highest BCUT2D eigenvalue weighted by Gasteiger charge is 2.27. The van der Waals surface area contributed by atoms with E-state index >= 15 is 0 Å². The maximum atomic E-state index is 13.1. The van der Waals surface area contributed by atoms with Gasteiger partial charge in [-0.2, -0.15) is 0 Å². The number of nitrogens with one attached hydrogen (secondary N) is 1. The Balaban J connectivity index is 0.00000180. The highest BCUT2D eigenvalue weighted by atomic mass is 35.5. The second kappa shape index (κ2) is 6.42. The molecule has 0 radical (unpaired) electrons. The van der Waals surface area contributed by atoms with Crippen LogP contribution in [0.2, 0.25) is 0 Å². The van der Waals surface area contributed by atoms with E-state index in [2.05, 4.69) is 26.1 Å². The minimum atomic E-state index is -0.186. The third-order valence-corrected chi connectivity index (χ3v) is 3.98. The Morgan fingerprint density at radius 2 is 2.05 bits per heavy atom. The number of benzene rings is 1. The van der Waals surface area contributed by atoms with Gasteiger partial charge in [-0.3, -0.25) is 0 Å². The van der Waals surface area contributed by atoms with Gasteiger partial charge in [0.1, 0.15) is 5.82 Å². The first kappa shape index (κ1) is 16.0. The number of allylic oxidation sites excluding steroid dienone is 1. The lowest BCUT2D eigenvalue weighted by Gasteiger charge is -2.35. The first-order valence-electron chi connectivity index (χ1n) is 6.67. The van der Waals surface area contributed by atoms with E-state index in [-0.39, 0.29) is 23.6 Å². The molecule has 0 aromatic heterocycles. The van der Waals surface area contributed by atoms with Crippen LogP contribution < -0.4 is 5.32 Å². The quantitative estimate of drug-likeness (QED) is 0.753. The van der Waals surface area contributed by atoms with Crippen LogP contribution in [-0.2, 0) is 0 Å². The zero-order valence-corrected chi connectivity index (χ0v) is 12.7. The van der Waals surface area contributed by atoms with Crippen molar-refractivity contribution < 1.29 is 4.39 Å². The molecule has 1 aromatic rings. The summed E-state index contributed by atoms with van der Waals surface area (Å²) in [7, 11) is 0. The van der Waals surface area contributed by atoms with E-state index in [1.807, 2.05) is 6.07 Å². The lowest BCUT2D eigenvalue weighted by Crippen LogP contribution is -2.25. The third-order valence-electron chi connectivity index (χ3n) is 3.98. The van der Waals surface area contributed by atoms with Gasteiger partial charge in [-0.1, -0.05) is 25.5 Å². The van der Waals surface area contributed by atoms with Gasteiger partial charge in [0.15, 0.2) is 0 Å². The fraction of sp³-hybridized carbons (Fsp3) is 0.500. The molecule has 0 aliphatic heterocycles. The molecule has 0 atom stereocenters. The molecular formula is C16H23ClFN. The summed E-state index contributed by atoms with van der Waals surface area (Å²) < 4.78 is 13.1. The van der Waals surface area contributed by atoms with E-state index in [4.69, 9.17) is 0 Å². The van der Waals surface area contributed by atoms with Crippen molar-refractivity contribution in [3.8, 4) is 0 Å². The molecule has 0 saturated heterocycles. The van der Waals surface area contributed by atoms with Crippen LogP contribution in [0, 0.1) is 11.2 Å². The molecule has 1 aliphatic carbocycles. The van der Waals surface area contributed by atoms with Crippen LogP contribution >= 0.6 is 12.4 Å². The molecule has 1 N–H and O–H groups in total. The van der Waals surface area contributed by atoms with Gasteiger partial charge in [0.05, 0.1) is 0 Å². The number of hydrogen-bond acceptors (Lipinski definition) is 1. The standard InChI is InChI=1S/C16H22FN.ClH/c1-12-6-5-9-16(2,3)15(12)11-18-14-8-4-7-13(17)10-14;/h4,7-8,10,18H,5-6,9,11H2,1-3H3;1H. The Morgan fingerprint density at radius 3 is 2.68 bits per heavy atom. The van der Waals surface area contributed by atoms with Gasteiger partial charge in [-0.15, -0.1) is 12.4 Å². The predicted octanol–water partition coefficient (Wildman–Crippen LogP) is 5.19. The molecule has 1 aliphatic rings. The van der Waals surface area contributed by atoms with Crippen molar-refractivity contribution in [2.75, 3.05) is 11.9 Å². The molecule has 2 rings (SSSR count). The Labute approximate surface area is 121 Å². The van der Waals surface area contributed by atoms with Crippen LogP contribution in [0.5, 0.6) is 0 Å². The number of rotatable bonds is 3. The summed E-state index contributed by atoms with van der Waals surface area (Å²) in [5.41, 5.74) is 4.10. The van der Waals surface area contributed by atoms with E-state index in [0.717, 1.165) is 12.2 Å². The van der Waals surface area contributed by atoms with Crippen LogP contribution in [0.4, 0.5) is 10.1 Å². The molecule has 3 heteroatoms. The molecule has 0 heterocycles. The maximum absolute atomic E-state index is 13.1. The maximum Gasteiger partial charge on any atom is 0.125 e. The van der Waals surface area contributed by atoms with Crippen LogP contribution in [0.3, 0.4) is 0 Å². The summed E-state index contributed by atoms with van der Waals surface area (Å²) in [6, 6.07) is 6.67. The van der Waals surface area contributed by atoms with Crippen LogP contribution in [0.25, 0.3) is 0 Å².